The zero-order valence-electron chi connectivity index (χ0n) is 22.2. The molecule has 11 heteroatoms. The number of alkyl halides is 3. The number of nitrogens with zero attached hydrogens (tertiary/aromatic N) is 2. The van der Waals surface area contributed by atoms with E-state index in [0.717, 1.165) is 38.8 Å². The number of quaternary nitrogens is 1. The Morgan fingerprint density at radius 2 is 1.43 bits per heavy atom. The van der Waals surface area contributed by atoms with Crippen LogP contribution in [0.1, 0.15) is 36.8 Å². The summed E-state index contributed by atoms with van der Waals surface area (Å²) in [6.07, 6.45) is -1.41. The van der Waals surface area contributed by atoms with Crippen LogP contribution in [0.25, 0.3) is 0 Å². The first-order valence-corrected chi connectivity index (χ1v) is 13.3. The molecule has 0 radical (unpaired) electrons. The lowest BCUT2D eigenvalue weighted by atomic mass is 9.82. The highest BCUT2D eigenvalue weighted by Crippen LogP contribution is 2.38. The number of carboxylic acids is 1. The van der Waals surface area contributed by atoms with Gasteiger partial charge >= 0.3 is 12.1 Å². The van der Waals surface area contributed by atoms with Crippen molar-refractivity contribution in [1.29, 1.82) is 0 Å². The van der Waals surface area contributed by atoms with Gasteiger partial charge in [-0.05, 0) is 24.0 Å². The number of hydrogen-bond acceptors (Lipinski definition) is 6. The Kier molecular flexibility index (Phi) is 8.55. The summed E-state index contributed by atoms with van der Waals surface area (Å²) in [4.78, 5) is 37.2. The number of halogens is 3. The largest absolute Gasteiger partial charge is 0.542 e. The molecule has 216 valence electrons. The van der Waals surface area contributed by atoms with E-state index in [2.05, 4.69) is 0 Å². The van der Waals surface area contributed by atoms with Gasteiger partial charge in [-0.1, -0.05) is 60.7 Å². The zero-order chi connectivity index (χ0) is 29.1. The Hall–Kier alpha value is -3.44. The third-order valence-corrected chi connectivity index (χ3v) is 8.17. The van der Waals surface area contributed by atoms with Gasteiger partial charge in [-0.2, -0.15) is 13.2 Å². The fourth-order valence-corrected chi connectivity index (χ4v) is 5.62. The second-order valence-corrected chi connectivity index (χ2v) is 10.9. The predicted molar refractivity (Wildman–Crippen MR) is 135 cm³/mol. The highest BCUT2D eigenvalue weighted by molar-refractivity contribution is 5.85. The summed E-state index contributed by atoms with van der Waals surface area (Å²) in [5, 5.41) is 20.5. The average molecular weight is 563 g/mol. The SMILES string of the molecule is CN(C(=O)C[N+]12CCC(CC1)[C@@H](OC(=O)C(O)(c1ccccc1)c1ccccc1)C2)C1CC1.O=C([O-])C(F)(F)F. The van der Waals surface area contributed by atoms with Gasteiger partial charge in [0.2, 0.25) is 5.60 Å². The van der Waals surface area contributed by atoms with E-state index < -0.39 is 23.7 Å². The number of likely N-dealkylation sites (N-methyl/N-ethyl adjacent to an activating group) is 1. The van der Waals surface area contributed by atoms with Crippen LogP contribution in [-0.2, 0) is 24.7 Å². The molecule has 8 nitrogen and oxygen atoms in total. The topological polar surface area (TPSA) is 107 Å². The van der Waals surface area contributed by atoms with Crippen LogP contribution in [0.2, 0.25) is 0 Å². The van der Waals surface area contributed by atoms with Crippen LogP contribution >= 0.6 is 0 Å². The molecule has 2 bridgehead atoms. The van der Waals surface area contributed by atoms with Crippen molar-refractivity contribution in [2.75, 3.05) is 33.2 Å². The summed E-state index contributed by atoms with van der Waals surface area (Å²) in [6.45, 7) is 3.00. The number of carbonyl (C=O) groups excluding carboxylic acids is 3. The molecule has 6 rings (SSSR count). The second-order valence-electron chi connectivity index (χ2n) is 10.9. The number of rotatable bonds is 7. The molecule has 0 spiro atoms. The first-order chi connectivity index (χ1) is 18.9. The van der Waals surface area contributed by atoms with E-state index in [-0.39, 0.29) is 17.9 Å². The molecule has 4 aliphatic rings. The van der Waals surface area contributed by atoms with Gasteiger partial charge in [0.1, 0.15) is 12.5 Å². The number of amides is 1. The predicted octanol–water partition coefficient (Wildman–Crippen LogP) is 1.99. The Balaban J connectivity index is 0.000000470. The molecule has 1 atom stereocenters. The fraction of sp³-hybridized carbons (Fsp3) is 0.483. The van der Waals surface area contributed by atoms with Crippen LogP contribution < -0.4 is 5.11 Å². The van der Waals surface area contributed by atoms with Crippen LogP contribution in [-0.4, -0.2) is 83.9 Å². The van der Waals surface area contributed by atoms with Gasteiger partial charge < -0.3 is 29.1 Å². The van der Waals surface area contributed by atoms with Crippen molar-refractivity contribution >= 4 is 17.8 Å². The fourth-order valence-electron chi connectivity index (χ4n) is 5.62. The van der Waals surface area contributed by atoms with Gasteiger partial charge in [0.15, 0.2) is 12.6 Å². The van der Waals surface area contributed by atoms with E-state index in [4.69, 9.17) is 14.6 Å². The van der Waals surface area contributed by atoms with Crippen LogP contribution in [0.3, 0.4) is 0 Å². The third-order valence-electron chi connectivity index (χ3n) is 8.17. The van der Waals surface area contributed by atoms with Crippen LogP contribution in [0.15, 0.2) is 60.7 Å². The van der Waals surface area contributed by atoms with E-state index in [1.54, 1.807) is 24.3 Å². The standard InChI is InChI=1S/C27H33N2O4.C2HF3O2/c1-28(23-12-13-23)25(30)19-29-16-14-20(15-17-29)24(18-29)33-26(31)27(32,21-8-4-2-5-9-21)22-10-6-3-7-11-22;3-2(4,5)1(6)7/h2-11,20,23-24,32H,12-19H2,1H3;(H,6,7)/q+1;/p-1/t20?,24-,29?;/m0./s1. The van der Waals surface area contributed by atoms with E-state index in [0.29, 0.717) is 34.7 Å². The molecule has 1 N–H and O–H groups in total. The number of piperidine rings is 3. The van der Waals surface area contributed by atoms with Crippen molar-refractivity contribution in [3.05, 3.63) is 71.8 Å². The molecule has 1 saturated carbocycles. The first kappa shape index (κ1) is 29.5. The number of carboxylic acid groups (broad SMARTS) is 1. The molecule has 1 aliphatic carbocycles. The van der Waals surface area contributed by atoms with E-state index in [1.807, 2.05) is 48.3 Å². The number of ether oxygens (including phenoxy) is 1. The highest BCUT2D eigenvalue weighted by Gasteiger charge is 2.51. The maximum atomic E-state index is 13.6. The van der Waals surface area contributed by atoms with Crippen molar-refractivity contribution in [2.24, 2.45) is 5.92 Å². The number of fused-ring (bicyclic) bond motifs is 3. The van der Waals surface area contributed by atoms with E-state index in [9.17, 15) is 27.9 Å². The molecular weight excluding hydrogens is 529 g/mol. The third kappa shape index (κ3) is 6.47. The molecule has 3 aliphatic heterocycles. The summed E-state index contributed by atoms with van der Waals surface area (Å²) in [5.41, 5.74) is -0.887. The maximum Gasteiger partial charge on any atom is 0.430 e. The second kappa shape index (κ2) is 11.6. The number of carbonyl (C=O) groups is 3. The van der Waals surface area contributed by atoms with Crippen molar-refractivity contribution < 1.29 is 47.0 Å². The monoisotopic (exact) mass is 562 g/mol. The van der Waals surface area contributed by atoms with Crippen LogP contribution in [0.4, 0.5) is 13.2 Å². The minimum atomic E-state index is -5.19. The summed E-state index contributed by atoms with van der Waals surface area (Å²) in [6, 6.07) is 18.4. The first-order valence-electron chi connectivity index (χ1n) is 13.3. The number of aliphatic carboxylic acids is 1. The van der Waals surface area contributed by atoms with E-state index in [1.165, 1.54) is 0 Å². The minimum Gasteiger partial charge on any atom is -0.542 e. The molecule has 3 heterocycles. The number of esters is 1. The highest BCUT2D eigenvalue weighted by atomic mass is 19.4. The Morgan fingerprint density at radius 3 is 1.85 bits per heavy atom. The number of aliphatic hydroxyl groups is 1. The van der Waals surface area contributed by atoms with Gasteiger partial charge in [-0.25, -0.2) is 4.79 Å². The van der Waals surface area contributed by atoms with Gasteiger partial charge in [0, 0.05) is 31.8 Å². The lowest BCUT2D eigenvalue weighted by Crippen LogP contribution is -2.67. The summed E-state index contributed by atoms with van der Waals surface area (Å²) in [5.74, 6) is -3.18. The molecule has 4 fully saturated rings. The number of benzene rings is 2. The van der Waals surface area contributed by atoms with Crippen LogP contribution in [0, 0.1) is 5.92 Å². The van der Waals surface area contributed by atoms with Crippen molar-refractivity contribution in [3.63, 3.8) is 0 Å². The van der Waals surface area contributed by atoms with Crippen molar-refractivity contribution in [1.82, 2.24) is 4.90 Å². The zero-order valence-corrected chi connectivity index (χ0v) is 22.2. The maximum absolute atomic E-state index is 13.6. The molecular formula is C29H33F3N2O6. The minimum absolute atomic E-state index is 0.188. The summed E-state index contributed by atoms with van der Waals surface area (Å²) < 4.78 is 38.3. The summed E-state index contributed by atoms with van der Waals surface area (Å²) >= 11 is 0. The van der Waals surface area contributed by atoms with Crippen molar-refractivity contribution in [2.45, 2.75) is 49.6 Å². The molecule has 1 amide bonds. The Bertz CT molecular complexity index is 1160. The van der Waals surface area contributed by atoms with Gasteiger partial charge in [0.05, 0.1) is 13.1 Å². The molecule has 40 heavy (non-hydrogen) atoms. The van der Waals surface area contributed by atoms with Crippen molar-refractivity contribution in [3.8, 4) is 0 Å². The lowest BCUT2D eigenvalue weighted by molar-refractivity contribution is -0.939. The smallest absolute Gasteiger partial charge is 0.430 e. The van der Waals surface area contributed by atoms with Crippen LogP contribution in [0.5, 0.6) is 0 Å². The molecule has 3 saturated heterocycles. The van der Waals surface area contributed by atoms with Gasteiger partial charge in [-0.15, -0.1) is 0 Å². The summed E-state index contributed by atoms with van der Waals surface area (Å²) in [7, 11) is 1.91. The lowest BCUT2D eigenvalue weighted by Gasteiger charge is -2.52. The average Bonchev–Trinajstić information content (AvgIpc) is 3.79. The Labute approximate surface area is 230 Å². The molecule has 0 aromatic heterocycles. The molecule has 2 aromatic carbocycles. The van der Waals surface area contributed by atoms with Gasteiger partial charge in [-0.3, -0.25) is 4.79 Å². The normalized spacial score (nSPS) is 23.9. The quantitative estimate of drug-likeness (QED) is 0.409. The van der Waals surface area contributed by atoms with Gasteiger partial charge in [0.25, 0.3) is 5.91 Å². The molecule has 0 unspecified atom stereocenters. The Morgan fingerprint density at radius 1 is 0.950 bits per heavy atom. The molecule has 2 aromatic rings. The van der Waals surface area contributed by atoms with E-state index >= 15 is 0 Å². The number of hydrogen-bond donors (Lipinski definition) is 1.